The minimum Gasteiger partial charge on any atom is -0.494 e. The number of halogens is 2. The van der Waals surface area contributed by atoms with Gasteiger partial charge in [0.25, 0.3) is 0 Å². The topological polar surface area (TPSA) is 96.0 Å². The van der Waals surface area contributed by atoms with E-state index in [1.807, 2.05) is 44.2 Å². The van der Waals surface area contributed by atoms with Gasteiger partial charge in [0.05, 0.1) is 18.6 Å². The normalized spacial score (nSPS) is 11.9. The van der Waals surface area contributed by atoms with Crippen LogP contribution in [0.3, 0.4) is 0 Å². The molecule has 11 heteroatoms. The van der Waals surface area contributed by atoms with E-state index >= 15 is 0 Å². The number of nitrogens with zero attached hydrogens (tertiary/aromatic N) is 2. The van der Waals surface area contributed by atoms with Crippen LogP contribution in [0.5, 0.6) is 5.75 Å². The van der Waals surface area contributed by atoms with E-state index in [0.29, 0.717) is 40.2 Å². The molecule has 0 unspecified atom stereocenters. The number of carbonyl (C=O) groups is 2. The number of nitrogens with one attached hydrogen (secondary N) is 1. The first-order chi connectivity index (χ1) is 20.5. The van der Waals surface area contributed by atoms with Crippen molar-refractivity contribution >= 4 is 50.7 Å². The Morgan fingerprint density at radius 3 is 2.16 bits per heavy atom. The van der Waals surface area contributed by atoms with Crippen molar-refractivity contribution in [1.29, 1.82) is 0 Å². The summed E-state index contributed by atoms with van der Waals surface area (Å²) in [6.45, 7) is 4.87. The van der Waals surface area contributed by atoms with Crippen molar-refractivity contribution in [3.63, 3.8) is 0 Å². The molecule has 0 spiro atoms. The van der Waals surface area contributed by atoms with Crippen LogP contribution < -0.4 is 14.4 Å². The van der Waals surface area contributed by atoms with Gasteiger partial charge in [-0.25, -0.2) is 8.42 Å². The molecule has 0 heterocycles. The molecular weight excluding hydrogens is 609 g/mol. The highest BCUT2D eigenvalue weighted by Gasteiger charge is 2.31. The van der Waals surface area contributed by atoms with E-state index in [-0.39, 0.29) is 44.2 Å². The molecule has 0 saturated heterocycles. The van der Waals surface area contributed by atoms with Gasteiger partial charge in [0, 0.05) is 48.1 Å². The molecule has 0 aliphatic rings. The van der Waals surface area contributed by atoms with Gasteiger partial charge in [-0.3, -0.25) is 13.9 Å². The Bertz CT molecular complexity index is 1430. The van der Waals surface area contributed by atoms with E-state index in [9.17, 15) is 18.0 Å². The van der Waals surface area contributed by atoms with Gasteiger partial charge in [0.15, 0.2) is 0 Å². The van der Waals surface area contributed by atoms with Crippen LogP contribution in [0.1, 0.15) is 44.2 Å². The van der Waals surface area contributed by atoms with Crippen molar-refractivity contribution in [3.05, 3.63) is 94.0 Å². The summed E-state index contributed by atoms with van der Waals surface area (Å²) in [5.74, 6) is 0.0349. The zero-order valence-corrected chi connectivity index (χ0v) is 27.1. The molecule has 0 saturated carbocycles. The molecule has 3 aromatic carbocycles. The van der Waals surface area contributed by atoms with E-state index in [4.69, 9.17) is 27.9 Å². The maximum absolute atomic E-state index is 13.9. The Kier molecular flexibility index (Phi) is 13.2. The van der Waals surface area contributed by atoms with Crippen LogP contribution in [0, 0.1) is 0 Å². The molecule has 1 N–H and O–H groups in total. The van der Waals surface area contributed by atoms with Crippen LogP contribution >= 0.6 is 23.2 Å². The zero-order chi connectivity index (χ0) is 31.4. The van der Waals surface area contributed by atoms with Gasteiger partial charge in [-0.2, -0.15) is 0 Å². The minimum absolute atomic E-state index is 0.00251. The van der Waals surface area contributed by atoms with Crippen LogP contribution in [0.4, 0.5) is 5.69 Å². The number of carbonyl (C=O) groups excluding carboxylic acids is 2. The highest BCUT2D eigenvalue weighted by molar-refractivity contribution is 7.92. The number of ether oxygens (including phenoxy) is 1. The zero-order valence-electron chi connectivity index (χ0n) is 24.8. The molecule has 0 aliphatic carbocycles. The van der Waals surface area contributed by atoms with Crippen LogP contribution in [0.25, 0.3) is 0 Å². The fourth-order valence-corrected chi connectivity index (χ4v) is 6.14. The second kappa shape index (κ2) is 16.5. The van der Waals surface area contributed by atoms with Crippen molar-refractivity contribution in [2.45, 2.75) is 52.1 Å². The number of benzene rings is 3. The lowest BCUT2D eigenvalue weighted by Crippen LogP contribution is -2.50. The predicted molar refractivity (Wildman–Crippen MR) is 173 cm³/mol. The average Bonchev–Trinajstić information content (AvgIpc) is 2.97. The maximum Gasteiger partial charge on any atom is 0.243 e. The Balaban J connectivity index is 1.89. The Morgan fingerprint density at radius 1 is 0.930 bits per heavy atom. The summed E-state index contributed by atoms with van der Waals surface area (Å²) in [4.78, 5) is 29.0. The fourth-order valence-electron chi connectivity index (χ4n) is 4.65. The average molecular weight is 649 g/mol. The largest absolute Gasteiger partial charge is 0.494 e. The molecular formula is C32H39Cl2N3O5S. The second-order valence-electron chi connectivity index (χ2n) is 10.1. The molecule has 1 atom stereocenters. The molecule has 3 rings (SSSR count). The number of rotatable bonds is 16. The van der Waals surface area contributed by atoms with Crippen molar-refractivity contribution in [1.82, 2.24) is 10.2 Å². The molecule has 2 amide bonds. The first kappa shape index (κ1) is 34.2. The van der Waals surface area contributed by atoms with Gasteiger partial charge in [-0.05, 0) is 61.7 Å². The number of amides is 2. The summed E-state index contributed by atoms with van der Waals surface area (Å²) < 4.78 is 32.1. The third-order valence-electron chi connectivity index (χ3n) is 6.80. The van der Waals surface area contributed by atoms with E-state index in [2.05, 4.69) is 5.32 Å². The van der Waals surface area contributed by atoms with Gasteiger partial charge < -0.3 is 15.0 Å². The van der Waals surface area contributed by atoms with Crippen LogP contribution in [-0.4, -0.2) is 57.1 Å². The molecule has 0 aliphatic heterocycles. The van der Waals surface area contributed by atoms with E-state index in [1.54, 1.807) is 42.5 Å². The molecule has 0 fully saturated rings. The maximum atomic E-state index is 13.9. The Labute approximate surface area is 265 Å². The molecule has 0 radical (unpaired) electrons. The third-order valence-corrected chi connectivity index (χ3v) is 8.70. The summed E-state index contributed by atoms with van der Waals surface area (Å²) in [5, 5.41) is 3.71. The van der Waals surface area contributed by atoms with Crippen molar-refractivity contribution < 1.29 is 22.7 Å². The summed E-state index contributed by atoms with van der Waals surface area (Å²) in [5.41, 5.74) is 1.90. The second-order valence-corrected chi connectivity index (χ2v) is 12.8. The van der Waals surface area contributed by atoms with Gasteiger partial charge >= 0.3 is 0 Å². The summed E-state index contributed by atoms with van der Waals surface area (Å²) in [6, 6.07) is 20.5. The van der Waals surface area contributed by atoms with Gasteiger partial charge in [-0.15, -0.1) is 0 Å². The molecule has 43 heavy (non-hydrogen) atoms. The summed E-state index contributed by atoms with van der Waals surface area (Å²) in [7, 11) is -3.63. The van der Waals surface area contributed by atoms with Gasteiger partial charge in [-0.1, -0.05) is 66.5 Å². The number of sulfonamides is 1. The van der Waals surface area contributed by atoms with Crippen LogP contribution in [-0.2, 0) is 32.6 Å². The first-order valence-electron chi connectivity index (χ1n) is 14.3. The molecule has 8 nitrogen and oxygen atoms in total. The quantitative estimate of drug-likeness (QED) is 0.203. The van der Waals surface area contributed by atoms with Crippen LogP contribution in [0.15, 0.2) is 72.8 Å². The molecule has 3 aromatic rings. The number of anilines is 1. The standard InChI is InChI=1S/C32H39Cl2N3O5S/c1-4-20-35-32(39)30(22-24-11-7-6-8-12-24)36(23-27-28(33)13-9-14-29(27)34)31(38)15-10-21-37(43(3,40)41)25-16-18-26(19-17-25)42-5-2/h6-9,11-14,16-19,30H,4-5,10,15,20-23H2,1-3H3,(H,35,39)/t30-/m1/s1. The van der Waals surface area contributed by atoms with Crippen LogP contribution in [0.2, 0.25) is 10.0 Å². The van der Waals surface area contributed by atoms with Crippen molar-refractivity contribution in [3.8, 4) is 5.75 Å². The smallest absolute Gasteiger partial charge is 0.243 e. The van der Waals surface area contributed by atoms with E-state index < -0.39 is 16.1 Å². The van der Waals surface area contributed by atoms with Gasteiger partial charge in [0.1, 0.15) is 11.8 Å². The number of hydrogen-bond acceptors (Lipinski definition) is 5. The fraction of sp³-hybridized carbons (Fsp3) is 0.375. The molecule has 0 aromatic heterocycles. The van der Waals surface area contributed by atoms with Gasteiger partial charge in [0.2, 0.25) is 21.8 Å². The van der Waals surface area contributed by atoms with Crippen molar-refractivity contribution in [2.75, 3.05) is 30.3 Å². The lowest BCUT2D eigenvalue weighted by molar-refractivity contribution is -0.141. The molecule has 232 valence electrons. The highest BCUT2D eigenvalue weighted by Crippen LogP contribution is 2.28. The first-order valence-corrected chi connectivity index (χ1v) is 16.9. The lowest BCUT2D eigenvalue weighted by atomic mass is 10.0. The lowest BCUT2D eigenvalue weighted by Gasteiger charge is -2.32. The Hall–Kier alpha value is -3.27. The van der Waals surface area contributed by atoms with E-state index in [0.717, 1.165) is 18.2 Å². The third kappa shape index (κ3) is 10.2. The highest BCUT2D eigenvalue weighted by atomic mass is 35.5. The van der Waals surface area contributed by atoms with E-state index in [1.165, 1.54) is 9.21 Å². The predicted octanol–water partition coefficient (Wildman–Crippen LogP) is 6.10. The molecule has 0 bridgehead atoms. The monoisotopic (exact) mass is 647 g/mol. The SMILES string of the molecule is CCCNC(=O)[C@@H](Cc1ccccc1)N(Cc1c(Cl)cccc1Cl)C(=O)CCCN(c1ccc(OCC)cc1)S(C)(=O)=O. The summed E-state index contributed by atoms with van der Waals surface area (Å²) >= 11 is 13.0. The summed E-state index contributed by atoms with van der Waals surface area (Å²) in [6.07, 6.45) is 2.37. The Morgan fingerprint density at radius 2 is 1.58 bits per heavy atom. The number of hydrogen-bond donors (Lipinski definition) is 1. The van der Waals surface area contributed by atoms with Crippen molar-refractivity contribution in [2.24, 2.45) is 0 Å². The minimum atomic E-state index is -3.63.